The van der Waals surface area contributed by atoms with Crippen molar-refractivity contribution >= 4 is 29.2 Å². The van der Waals surface area contributed by atoms with E-state index in [0.29, 0.717) is 11.6 Å². The van der Waals surface area contributed by atoms with Crippen LogP contribution in [0.3, 0.4) is 0 Å². The Balaban J connectivity index is 1.92. The number of nitrogens with one attached hydrogen (secondary N) is 1. The van der Waals surface area contributed by atoms with Gasteiger partial charge < -0.3 is 4.42 Å². The molecule has 24 heavy (non-hydrogen) atoms. The molecule has 0 unspecified atom stereocenters. The molecule has 2 heterocycles. The van der Waals surface area contributed by atoms with Crippen molar-refractivity contribution < 1.29 is 14.0 Å². The predicted molar refractivity (Wildman–Crippen MR) is 89.4 cm³/mol. The van der Waals surface area contributed by atoms with Crippen molar-refractivity contribution in [3.05, 3.63) is 24.5 Å². The summed E-state index contributed by atoms with van der Waals surface area (Å²) < 4.78 is 5.52. The second-order valence-corrected chi connectivity index (χ2v) is 6.36. The molecule has 0 fully saturated rings. The maximum absolute atomic E-state index is 12.0. The molecule has 1 N–H and O–H groups in total. The van der Waals surface area contributed by atoms with E-state index in [1.807, 2.05) is 0 Å². The molecule has 0 saturated carbocycles. The zero-order chi connectivity index (χ0) is 17.5. The lowest BCUT2D eigenvalue weighted by Crippen LogP contribution is -2.27. The van der Waals surface area contributed by atoms with Gasteiger partial charge >= 0.3 is 0 Å². The van der Waals surface area contributed by atoms with Crippen LogP contribution in [0.5, 0.6) is 0 Å². The van der Waals surface area contributed by atoms with Gasteiger partial charge in [0.2, 0.25) is 5.89 Å². The third-order valence-electron chi connectivity index (χ3n) is 2.84. The number of nitrogens with zero attached hydrogens (tertiary/aromatic N) is 4. The van der Waals surface area contributed by atoms with Gasteiger partial charge in [-0.25, -0.2) is 5.43 Å². The first-order chi connectivity index (χ1) is 11.5. The van der Waals surface area contributed by atoms with Crippen LogP contribution in [0.4, 0.5) is 0 Å². The standard InChI is InChI=1S/C15H17N5O3S/c1-9(8-10(2)21)17-18-13(22)11(3)24-15-20-19-14(23-15)12-4-6-16-7-5-12/h4-7,11H,8H2,1-3H3,(H,18,22)/b17-9-/t11-/m0/s1. The number of ketones is 1. The summed E-state index contributed by atoms with van der Waals surface area (Å²) in [6.45, 7) is 4.85. The maximum atomic E-state index is 12.0. The summed E-state index contributed by atoms with van der Waals surface area (Å²) >= 11 is 1.13. The fourth-order valence-electron chi connectivity index (χ4n) is 1.71. The van der Waals surface area contributed by atoms with Crippen LogP contribution in [0.25, 0.3) is 11.5 Å². The highest BCUT2D eigenvalue weighted by molar-refractivity contribution is 8.00. The lowest BCUT2D eigenvalue weighted by Gasteiger charge is -2.06. The first-order valence-corrected chi connectivity index (χ1v) is 8.06. The van der Waals surface area contributed by atoms with E-state index < -0.39 is 5.25 Å². The van der Waals surface area contributed by atoms with Crippen molar-refractivity contribution in [2.24, 2.45) is 5.10 Å². The van der Waals surface area contributed by atoms with Crippen molar-refractivity contribution in [1.29, 1.82) is 0 Å². The number of thioether (sulfide) groups is 1. The number of carbonyl (C=O) groups excluding carboxylic acids is 2. The molecular weight excluding hydrogens is 330 g/mol. The van der Waals surface area contributed by atoms with Crippen molar-refractivity contribution in [1.82, 2.24) is 20.6 Å². The number of hydrogen-bond acceptors (Lipinski definition) is 8. The van der Waals surface area contributed by atoms with Gasteiger partial charge in [0.05, 0.1) is 5.25 Å². The Morgan fingerprint density at radius 1 is 1.29 bits per heavy atom. The summed E-state index contributed by atoms with van der Waals surface area (Å²) in [5.41, 5.74) is 3.73. The minimum atomic E-state index is -0.482. The van der Waals surface area contributed by atoms with Gasteiger partial charge in [0, 0.05) is 30.1 Å². The van der Waals surface area contributed by atoms with Crippen LogP contribution in [-0.2, 0) is 9.59 Å². The van der Waals surface area contributed by atoms with E-state index in [4.69, 9.17) is 4.42 Å². The number of carbonyl (C=O) groups is 2. The molecule has 0 saturated heterocycles. The van der Waals surface area contributed by atoms with E-state index in [2.05, 4.69) is 25.7 Å². The van der Waals surface area contributed by atoms with E-state index in [-0.39, 0.29) is 23.3 Å². The molecule has 0 radical (unpaired) electrons. The van der Waals surface area contributed by atoms with E-state index in [9.17, 15) is 9.59 Å². The van der Waals surface area contributed by atoms with Gasteiger partial charge in [-0.15, -0.1) is 10.2 Å². The number of pyridine rings is 1. The van der Waals surface area contributed by atoms with Gasteiger partial charge in [-0.05, 0) is 32.9 Å². The van der Waals surface area contributed by atoms with Crippen LogP contribution >= 0.6 is 11.8 Å². The third kappa shape index (κ3) is 5.27. The summed E-state index contributed by atoms with van der Waals surface area (Å²) in [5.74, 6) is 0.0387. The van der Waals surface area contributed by atoms with Crippen molar-refractivity contribution in [2.45, 2.75) is 37.7 Å². The van der Waals surface area contributed by atoms with Crippen LogP contribution in [0, 0.1) is 0 Å². The monoisotopic (exact) mass is 347 g/mol. The van der Waals surface area contributed by atoms with E-state index in [1.54, 1.807) is 38.4 Å². The van der Waals surface area contributed by atoms with Gasteiger partial charge in [-0.1, -0.05) is 11.8 Å². The van der Waals surface area contributed by atoms with Gasteiger partial charge in [-0.3, -0.25) is 14.6 Å². The summed E-state index contributed by atoms with van der Waals surface area (Å²) in [7, 11) is 0. The number of hydrogen-bond donors (Lipinski definition) is 1. The first kappa shape index (κ1) is 17.8. The third-order valence-corrected chi connectivity index (χ3v) is 3.78. The highest BCUT2D eigenvalue weighted by Gasteiger charge is 2.18. The average molecular weight is 347 g/mol. The molecule has 0 aromatic carbocycles. The number of aromatic nitrogens is 3. The highest BCUT2D eigenvalue weighted by atomic mass is 32.2. The molecule has 0 spiro atoms. The molecule has 8 nitrogen and oxygen atoms in total. The largest absolute Gasteiger partial charge is 0.411 e. The van der Waals surface area contributed by atoms with Gasteiger partial charge in [0.1, 0.15) is 5.78 Å². The second-order valence-electron chi connectivity index (χ2n) is 5.07. The quantitative estimate of drug-likeness (QED) is 0.464. The number of Topliss-reactive ketones (excluding diaryl/α,β-unsaturated/α-hetero) is 1. The van der Waals surface area contributed by atoms with Crippen LogP contribution in [0.2, 0.25) is 0 Å². The molecular formula is C15H17N5O3S. The fourth-order valence-corrected chi connectivity index (χ4v) is 2.39. The predicted octanol–water partition coefficient (Wildman–Crippen LogP) is 2.08. The Kier molecular flexibility index (Phi) is 6.19. The van der Waals surface area contributed by atoms with Gasteiger partial charge in [0.25, 0.3) is 11.1 Å². The molecule has 0 bridgehead atoms. The van der Waals surface area contributed by atoms with Crippen LogP contribution in [0.15, 0.2) is 39.3 Å². The minimum absolute atomic E-state index is 0.0116. The van der Waals surface area contributed by atoms with Crippen molar-refractivity contribution in [3.8, 4) is 11.5 Å². The minimum Gasteiger partial charge on any atom is -0.411 e. The molecule has 126 valence electrons. The molecule has 2 aromatic heterocycles. The summed E-state index contributed by atoms with van der Waals surface area (Å²) in [5, 5.41) is 11.6. The van der Waals surface area contributed by atoms with Crippen LogP contribution in [-0.4, -0.2) is 37.8 Å². The summed E-state index contributed by atoms with van der Waals surface area (Å²) in [4.78, 5) is 26.9. The average Bonchev–Trinajstić information content (AvgIpc) is 3.01. The SMILES string of the molecule is CC(=O)C/C(C)=N\NC(=O)[C@H](C)Sc1nnc(-c2ccncc2)o1. The van der Waals surface area contributed by atoms with Crippen molar-refractivity contribution in [3.63, 3.8) is 0 Å². The smallest absolute Gasteiger partial charge is 0.277 e. The Morgan fingerprint density at radius 2 is 2.00 bits per heavy atom. The maximum Gasteiger partial charge on any atom is 0.277 e. The Morgan fingerprint density at radius 3 is 2.67 bits per heavy atom. The van der Waals surface area contributed by atoms with Crippen LogP contribution < -0.4 is 5.43 Å². The van der Waals surface area contributed by atoms with E-state index in [1.165, 1.54) is 6.92 Å². The molecule has 2 rings (SSSR count). The molecule has 0 aliphatic heterocycles. The summed E-state index contributed by atoms with van der Waals surface area (Å²) in [6.07, 6.45) is 3.47. The zero-order valence-electron chi connectivity index (χ0n) is 13.5. The molecule has 0 aliphatic carbocycles. The number of rotatable bonds is 7. The second kappa shape index (κ2) is 8.34. The molecule has 0 aliphatic rings. The Labute approximate surface area is 143 Å². The lowest BCUT2D eigenvalue weighted by atomic mass is 10.2. The molecule has 9 heteroatoms. The Bertz CT molecular complexity index is 745. The first-order valence-electron chi connectivity index (χ1n) is 7.18. The Hall–Kier alpha value is -2.55. The normalized spacial score (nSPS) is 12.7. The molecule has 1 amide bonds. The number of hydrazone groups is 1. The van der Waals surface area contributed by atoms with E-state index >= 15 is 0 Å². The molecule has 2 aromatic rings. The topological polar surface area (TPSA) is 110 Å². The molecule has 1 atom stereocenters. The highest BCUT2D eigenvalue weighted by Crippen LogP contribution is 2.25. The van der Waals surface area contributed by atoms with Gasteiger partial charge in [-0.2, -0.15) is 5.10 Å². The zero-order valence-corrected chi connectivity index (χ0v) is 14.3. The van der Waals surface area contributed by atoms with Crippen LogP contribution in [0.1, 0.15) is 27.2 Å². The van der Waals surface area contributed by atoms with Crippen molar-refractivity contribution in [2.75, 3.05) is 0 Å². The van der Waals surface area contributed by atoms with Gasteiger partial charge in [0.15, 0.2) is 0 Å². The van der Waals surface area contributed by atoms with E-state index in [0.717, 1.165) is 17.3 Å². The lowest BCUT2D eigenvalue weighted by molar-refractivity contribution is -0.120. The fraction of sp³-hybridized carbons (Fsp3) is 0.333. The summed E-state index contributed by atoms with van der Waals surface area (Å²) in [6, 6.07) is 3.51. The number of amides is 1.